The molecule has 4 aromatic rings. The summed E-state index contributed by atoms with van der Waals surface area (Å²) in [4.78, 5) is 20.5. The number of hydrogen-bond acceptors (Lipinski definition) is 5. The Bertz CT molecular complexity index is 1340. The van der Waals surface area contributed by atoms with Gasteiger partial charge >= 0.3 is 0 Å². The molecule has 1 unspecified atom stereocenters. The number of methoxy groups -OCH3 is 1. The Balaban J connectivity index is 1.40. The lowest BCUT2D eigenvalue weighted by atomic mass is 9.93. The van der Waals surface area contributed by atoms with E-state index in [-0.39, 0.29) is 5.78 Å². The molecule has 0 bridgehead atoms. The monoisotopic (exact) mass is 480 g/mol. The van der Waals surface area contributed by atoms with Crippen LogP contribution in [-0.2, 0) is 13.1 Å². The number of carbonyl (C=O) groups is 1. The number of aromatic nitrogens is 2. The van der Waals surface area contributed by atoms with Gasteiger partial charge in [-0.25, -0.2) is 4.98 Å². The average molecular weight is 481 g/mol. The maximum absolute atomic E-state index is 13.6. The van der Waals surface area contributed by atoms with Crippen LogP contribution in [0, 0.1) is 0 Å². The number of benzene rings is 3. The zero-order valence-corrected chi connectivity index (χ0v) is 21.1. The van der Waals surface area contributed by atoms with Crippen LogP contribution in [0.15, 0.2) is 79.1 Å². The van der Waals surface area contributed by atoms with Gasteiger partial charge in [-0.05, 0) is 66.5 Å². The van der Waals surface area contributed by atoms with Crippen LogP contribution in [0.25, 0.3) is 16.8 Å². The number of nitrogens with one attached hydrogen (secondary N) is 1. The van der Waals surface area contributed by atoms with Gasteiger partial charge in [0.05, 0.1) is 18.8 Å². The molecule has 184 valence electrons. The molecular weight excluding hydrogens is 448 g/mol. The van der Waals surface area contributed by atoms with Gasteiger partial charge in [0.25, 0.3) is 0 Å². The normalized spacial score (nSPS) is 15.2. The maximum atomic E-state index is 13.6. The summed E-state index contributed by atoms with van der Waals surface area (Å²) in [6.45, 7) is 4.72. The molecule has 3 aromatic carbocycles. The zero-order chi connectivity index (χ0) is 25.1. The number of Topliss-reactive ketones (excluding diaryl/α,β-unsaturated/α-hetero) is 1. The van der Waals surface area contributed by atoms with Gasteiger partial charge in [0.15, 0.2) is 0 Å². The highest BCUT2D eigenvalue weighted by Crippen LogP contribution is 2.31. The van der Waals surface area contributed by atoms with E-state index in [2.05, 4.69) is 77.7 Å². The van der Waals surface area contributed by atoms with Crippen molar-refractivity contribution in [1.29, 1.82) is 0 Å². The van der Waals surface area contributed by atoms with E-state index in [1.54, 1.807) is 13.4 Å². The van der Waals surface area contributed by atoms with E-state index in [4.69, 9.17) is 4.74 Å². The number of ether oxygens (including phenoxy) is 1. The molecule has 0 aliphatic carbocycles. The van der Waals surface area contributed by atoms with Crippen LogP contribution in [0.1, 0.15) is 46.7 Å². The largest absolute Gasteiger partial charge is 0.497 e. The predicted octanol–water partition coefficient (Wildman–Crippen LogP) is 5.42. The van der Waals surface area contributed by atoms with Crippen molar-refractivity contribution in [3.05, 3.63) is 102 Å². The van der Waals surface area contributed by atoms with Crippen LogP contribution in [0.3, 0.4) is 0 Å². The van der Waals surface area contributed by atoms with Crippen molar-refractivity contribution in [3.63, 3.8) is 0 Å². The lowest BCUT2D eigenvalue weighted by Crippen LogP contribution is -2.35. The summed E-state index contributed by atoms with van der Waals surface area (Å²) in [6, 6.07) is 24.2. The van der Waals surface area contributed by atoms with Gasteiger partial charge in [-0.1, -0.05) is 55.5 Å². The molecule has 36 heavy (non-hydrogen) atoms. The Hall–Kier alpha value is -3.74. The van der Waals surface area contributed by atoms with E-state index in [0.29, 0.717) is 12.2 Å². The van der Waals surface area contributed by atoms with Crippen LogP contribution in [-0.4, -0.2) is 40.9 Å². The number of ketones is 1. The third-order valence-electron chi connectivity index (χ3n) is 6.78. The van der Waals surface area contributed by atoms with Gasteiger partial charge in [0.1, 0.15) is 17.8 Å². The third kappa shape index (κ3) is 4.70. The molecule has 0 radical (unpaired) electrons. The summed E-state index contributed by atoms with van der Waals surface area (Å²) in [5, 5.41) is 3.38. The Morgan fingerprint density at radius 1 is 1.06 bits per heavy atom. The first-order valence-electron chi connectivity index (χ1n) is 12.4. The summed E-state index contributed by atoms with van der Waals surface area (Å²) in [7, 11) is 3.80. The molecule has 2 heterocycles. The van der Waals surface area contributed by atoms with Crippen LogP contribution >= 0.6 is 0 Å². The number of rotatable bonds is 8. The van der Waals surface area contributed by atoms with Crippen molar-refractivity contribution in [2.24, 2.45) is 0 Å². The molecule has 0 saturated heterocycles. The highest BCUT2D eigenvalue weighted by atomic mass is 16.5. The quantitative estimate of drug-likeness (QED) is 0.365. The third-order valence-corrected chi connectivity index (χ3v) is 6.78. The number of hydrogen-bond donors (Lipinski definition) is 1. The fraction of sp³-hybridized carbons (Fsp3) is 0.267. The molecule has 6 nitrogen and oxygen atoms in total. The van der Waals surface area contributed by atoms with Crippen LogP contribution < -0.4 is 10.1 Å². The summed E-state index contributed by atoms with van der Waals surface area (Å²) in [5.41, 5.74) is 6.95. The smallest absolute Gasteiger partial charge is 0.202 e. The fourth-order valence-electron chi connectivity index (χ4n) is 4.96. The van der Waals surface area contributed by atoms with E-state index >= 15 is 0 Å². The Morgan fingerprint density at radius 2 is 1.81 bits per heavy atom. The van der Waals surface area contributed by atoms with Crippen LogP contribution in [0.5, 0.6) is 5.75 Å². The predicted molar refractivity (Wildman–Crippen MR) is 143 cm³/mol. The first-order chi connectivity index (χ1) is 17.6. The average Bonchev–Trinajstić information content (AvgIpc) is 3.35. The van der Waals surface area contributed by atoms with E-state index in [9.17, 15) is 4.79 Å². The van der Waals surface area contributed by atoms with Crippen molar-refractivity contribution < 1.29 is 9.53 Å². The second-order valence-corrected chi connectivity index (χ2v) is 9.30. The molecular formula is C30H32N4O2. The first kappa shape index (κ1) is 24.0. The Morgan fingerprint density at radius 3 is 2.53 bits per heavy atom. The summed E-state index contributed by atoms with van der Waals surface area (Å²) in [5.74, 6) is 0.802. The maximum Gasteiger partial charge on any atom is 0.202 e. The highest BCUT2D eigenvalue weighted by molar-refractivity contribution is 6.01. The molecule has 6 heteroatoms. The van der Waals surface area contributed by atoms with Gasteiger partial charge < -0.3 is 9.64 Å². The second-order valence-electron chi connectivity index (χ2n) is 9.30. The minimum atomic E-state index is -0.411. The molecule has 1 aromatic heterocycles. The number of imidazole rings is 1. The van der Waals surface area contributed by atoms with Crippen molar-refractivity contribution in [2.45, 2.75) is 32.5 Å². The lowest BCUT2D eigenvalue weighted by Gasteiger charge is -2.24. The van der Waals surface area contributed by atoms with E-state index in [1.165, 1.54) is 11.1 Å². The van der Waals surface area contributed by atoms with Crippen LogP contribution in [0.2, 0.25) is 0 Å². The van der Waals surface area contributed by atoms with Gasteiger partial charge in [-0.15, -0.1) is 0 Å². The molecule has 0 amide bonds. The van der Waals surface area contributed by atoms with Crippen molar-refractivity contribution >= 4 is 5.78 Å². The SMILES string of the molecule is CCCN(C)Cc1ccccc1-c1ccc(C2NCc3ncn(-c4ccc(OC)cc4)c3C2=O)cc1. The zero-order valence-electron chi connectivity index (χ0n) is 21.1. The highest BCUT2D eigenvalue weighted by Gasteiger charge is 2.32. The Labute approximate surface area is 212 Å². The van der Waals surface area contributed by atoms with E-state index in [1.807, 2.05) is 28.8 Å². The molecule has 1 aliphatic heterocycles. The number of carbonyl (C=O) groups excluding carboxylic acids is 1. The second kappa shape index (κ2) is 10.5. The number of nitrogens with zero attached hydrogens (tertiary/aromatic N) is 3. The topological polar surface area (TPSA) is 59.4 Å². The summed E-state index contributed by atoms with van der Waals surface area (Å²) >= 11 is 0. The van der Waals surface area contributed by atoms with Crippen molar-refractivity contribution in [1.82, 2.24) is 19.8 Å². The molecule has 1 aliphatic rings. The molecule has 0 fully saturated rings. The molecule has 5 rings (SSSR count). The van der Waals surface area contributed by atoms with E-state index in [0.717, 1.165) is 47.8 Å². The molecule has 0 saturated carbocycles. The van der Waals surface area contributed by atoms with Crippen molar-refractivity contribution in [3.8, 4) is 22.6 Å². The first-order valence-corrected chi connectivity index (χ1v) is 12.4. The summed E-state index contributed by atoms with van der Waals surface area (Å²) < 4.78 is 7.15. The minimum Gasteiger partial charge on any atom is -0.497 e. The standard InChI is InChI=1S/C30H32N4O2/c1-4-17-33(2)19-23-7-5-6-8-26(23)21-9-11-22(12-10-21)28-30(35)29-27(18-31-28)32-20-34(29)24-13-15-25(36-3)16-14-24/h5-16,20,28,31H,4,17-19H2,1-3H3. The minimum absolute atomic E-state index is 0.0268. The van der Waals surface area contributed by atoms with Crippen LogP contribution in [0.4, 0.5) is 0 Å². The number of fused-ring (bicyclic) bond motifs is 1. The van der Waals surface area contributed by atoms with Crippen molar-refractivity contribution in [2.75, 3.05) is 20.7 Å². The Kier molecular flexibility index (Phi) is 6.98. The fourth-order valence-corrected chi connectivity index (χ4v) is 4.96. The lowest BCUT2D eigenvalue weighted by molar-refractivity contribution is 0.0922. The van der Waals surface area contributed by atoms with Gasteiger partial charge in [0, 0.05) is 18.8 Å². The molecule has 1 atom stereocenters. The van der Waals surface area contributed by atoms with Gasteiger partial charge in [-0.2, -0.15) is 0 Å². The van der Waals surface area contributed by atoms with E-state index < -0.39 is 6.04 Å². The van der Waals surface area contributed by atoms with Gasteiger partial charge in [-0.3, -0.25) is 14.7 Å². The molecule has 1 N–H and O–H groups in total. The summed E-state index contributed by atoms with van der Waals surface area (Å²) in [6.07, 6.45) is 2.86. The molecule has 0 spiro atoms. The van der Waals surface area contributed by atoms with Gasteiger partial charge in [0.2, 0.25) is 5.78 Å².